The number of halogens is 3. The van der Waals surface area contributed by atoms with E-state index >= 15 is 0 Å². The molecule has 160 valence electrons. The van der Waals surface area contributed by atoms with Gasteiger partial charge in [-0.3, -0.25) is 4.79 Å². The molecule has 1 aromatic heterocycles. The van der Waals surface area contributed by atoms with Gasteiger partial charge in [0.2, 0.25) is 12.6 Å². The molecule has 1 amide bonds. The van der Waals surface area contributed by atoms with Gasteiger partial charge in [0.1, 0.15) is 5.82 Å². The van der Waals surface area contributed by atoms with E-state index in [2.05, 4.69) is 9.97 Å². The molecule has 0 bridgehead atoms. The number of amides is 1. The number of fused-ring (bicyclic) bond motifs is 2. The molecule has 0 radical (unpaired) electrons. The van der Waals surface area contributed by atoms with Crippen molar-refractivity contribution in [3.05, 3.63) is 53.9 Å². The first-order valence-electron chi connectivity index (χ1n) is 9.68. The SMILES string of the molecule is O=C(c1ccc2c(c1)OCO2)N1CCN(c2nc(C(F)(F)F)nc3ccccc23)CC1. The second kappa shape index (κ2) is 7.29. The van der Waals surface area contributed by atoms with E-state index in [1.54, 1.807) is 46.2 Å². The maximum Gasteiger partial charge on any atom is 0.451 e. The minimum atomic E-state index is -4.64. The molecule has 1 saturated heterocycles. The number of carbonyl (C=O) groups is 1. The molecular formula is C21H17F3N4O3. The molecule has 7 nitrogen and oxygen atoms in total. The zero-order valence-corrected chi connectivity index (χ0v) is 16.2. The summed E-state index contributed by atoms with van der Waals surface area (Å²) in [6.45, 7) is 1.54. The lowest BCUT2D eigenvalue weighted by atomic mass is 10.1. The van der Waals surface area contributed by atoms with E-state index in [9.17, 15) is 18.0 Å². The van der Waals surface area contributed by atoms with Crippen molar-refractivity contribution in [3.63, 3.8) is 0 Å². The second-order valence-corrected chi connectivity index (χ2v) is 7.23. The van der Waals surface area contributed by atoms with E-state index in [0.717, 1.165) is 0 Å². The predicted molar refractivity (Wildman–Crippen MR) is 105 cm³/mol. The third-order valence-corrected chi connectivity index (χ3v) is 5.32. The standard InChI is InChI=1S/C21H17F3N4O3/c22-21(23,24)20-25-15-4-2-1-3-14(15)18(26-20)27-7-9-28(10-8-27)19(29)13-5-6-16-17(11-13)31-12-30-16/h1-6,11H,7-10,12H2. The van der Waals surface area contributed by atoms with Crippen LogP contribution in [0, 0.1) is 0 Å². The Kier molecular flexibility index (Phi) is 4.57. The van der Waals surface area contributed by atoms with Crippen molar-refractivity contribution in [2.24, 2.45) is 0 Å². The van der Waals surface area contributed by atoms with Gasteiger partial charge in [-0.25, -0.2) is 9.97 Å². The Bertz CT molecular complexity index is 1160. The van der Waals surface area contributed by atoms with Gasteiger partial charge in [-0.15, -0.1) is 0 Å². The van der Waals surface area contributed by atoms with Crippen LogP contribution in [0.5, 0.6) is 11.5 Å². The number of anilines is 1. The van der Waals surface area contributed by atoms with Gasteiger partial charge in [0.15, 0.2) is 11.5 Å². The predicted octanol–water partition coefficient (Wildman–Crippen LogP) is 3.34. The van der Waals surface area contributed by atoms with Crippen molar-refractivity contribution < 1.29 is 27.4 Å². The fourth-order valence-corrected chi connectivity index (χ4v) is 3.76. The van der Waals surface area contributed by atoms with Gasteiger partial charge in [-0.2, -0.15) is 13.2 Å². The molecule has 3 heterocycles. The summed E-state index contributed by atoms with van der Waals surface area (Å²) in [5.74, 6) is 0.0174. The van der Waals surface area contributed by atoms with Crippen molar-refractivity contribution in [2.45, 2.75) is 6.18 Å². The number of carbonyl (C=O) groups excluding carboxylic acids is 1. The normalized spacial score (nSPS) is 16.1. The molecule has 31 heavy (non-hydrogen) atoms. The Labute approximate surface area is 175 Å². The third-order valence-electron chi connectivity index (χ3n) is 5.32. The Morgan fingerprint density at radius 1 is 0.935 bits per heavy atom. The van der Waals surface area contributed by atoms with Crippen LogP contribution in [0.3, 0.4) is 0 Å². The van der Waals surface area contributed by atoms with Gasteiger partial charge in [0, 0.05) is 37.1 Å². The first-order chi connectivity index (χ1) is 14.9. The van der Waals surface area contributed by atoms with Gasteiger partial charge in [-0.1, -0.05) is 12.1 Å². The summed E-state index contributed by atoms with van der Waals surface area (Å²) in [6.07, 6.45) is -4.64. The molecule has 0 unspecified atom stereocenters. The summed E-state index contributed by atoms with van der Waals surface area (Å²) in [5.41, 5.74) is 0.711. The molecule has 0 aliphatic carbocycles. The van der Waals surface area contributed by atoms with E-state index in [1.807, 2.05) is 0 Å². The highest BCUT2D eigenvalue weighted by molar-refractivity contribution is 5.95. The molecule has 0 N–H and O–H groups in total. The average Bonchev–Trinajstić information content (AvgIpc) is 3.25. The monoisotopic (exact) mass is 430 g/mol. The maximum absolute atomic E-state index is 13.3. The number of hydrogen-bond acceptors (Lipinski definition) is 6. The average molecular weight is 430 g/mol. The molecule has 2 aliphatic heterocycles. The molecular weight excluding hydrogens is 413 g/mol. The van der Waals surface area contributed by atoms with Crippen LogP contribution in [-0.2, 0) is 6.18 Å². The highest BCUT2D eigenvalue weighted by Crippen LogP contribution is 2.34. The Morgan fingerprint density at radius 3 is 2.45 bits per heavy atom. The fourth-order valence-electron chi connectivity index (χ4n) is 3.76. The molecule has 2 aliphatic rings. The van der Waals surface area contributed by atoms with Crippen molar-refractivity contribution in [1.82, 2.24) is 14.9 Å². The third kappa shape index (κ3) is 3.58. The zero-order valence-electron chi connectivity index (χ0n) is 16.2. The van der Waals surface area contributed by atoms with E-state index in [0.29, 0.717) is 48.6 Å². The van der Waals surface area contributed by atoms with E-state index in [-0.39, 0.29) is 24.0 Å². The van der Waals surface area contributed by atoms with Crippen LogP contribution in [-0.4, -0.2) is 53.7 Å². The lowest BCUT2D eigenvalue weighted by molar-refractivity contribution is -0.144. The van der Waals surface area contributed by atoms with E-state index < -0.39 is 12.0 Å². The van der Waals surface area contributed by atoms with Crippen molar-refractivity contribution in [3.8, 4) is 11.5 Å². The van der Waals surface area contributed by atoms with E-state index in [4.69, 9.17) is 9.47 Å². The van der Waals surface area contributed by atoms with Crippen LogP contribution in [0.15, 0.2) is 42.5 Å². The number of ether oxygens (including phenoxy) is 2. The lowest BCUT2D eigenvalue weighted by Crippen LogP contribution is -2.49. The van der Waals surface area contributed by atoms with Gasteiger partial charge >= 0.3 is 6.18 Å². The second-order valence-electron chi connectivity index (χ2n) is 7.23. The van der Waals surface area contributed by atoms with Crippen LogP contribution in [0.2, 0.25) is 0 Å². The van der Waals surface area contributed by atoms with Crippen molar-refractivity contribution >= 4 is 22.6 Å². The molecule has 2 aromatic carbocycles. The summed E-state index contributed by atoms with van der Waals surface area (Å²) in [5, 5.41) is 0.547. The summed E-state index contributed by atoms with van der Waals surface area (Å²) < 4.78 is 50.5. The molecule has 0 spiro atoms. The number of nitrogens with zero attached hydrogens (tertiary/aromatic N) is 4. The van der Waals surface area contributed by atoms with Crippen LogP contribution in [0.25, 0.3) is 10.9 Å². The zero-order chi connectivity index (χ0) is 21.6. The van der Waals surface area contributed by atoms with Gasteiger partial charge in [0.05, 0.1) is 5.52 Å². The molecule has 0 atom stereocenters. The Balaban J connectivity index is 1.37. The van der Waals surface area contributed by atoms with Crippen molar-refractivity contribution in [2.75, 3.05) is 37.9 Å². The number of aromatic nitrogens is 2. The Morgan fingerprint density at radius 2 is 1.68 bits per heavy atom. The smallest absolute Gasteiger partial charge is 0.451 e. The number of para-hydroxylation sites is 1. The largest absolute Gasteiger partial charge is 0.454 e. The summed E-state index contributed by atoms with van der Waals surface area (Å²) in [6, 6.07) is 11.6. The first kappa shape index (κ1) is 19.4. The van der Waals surface area contributed by atoms with Gasteiger partial charge in [0.25, 0.3) is 5.91 Å². The highest BCUT2D eigenvalue weighted by Gasteiger charge is 2.36. The Hall–Kier alpha value is -3.56. The minimum absolute atomic E-state index is 0.123. The summed E-state index contributed by atoms with van der Waals surface area (Å²) in [7, 11) is 0. The minimum Gasteiger partial charge on any atom is -0.454 e. The highest BCUT2D eigenvalue weighted by atomic mass is 19.4. The number of alkyl halides is 3. The lowest BCUT2D eigenvalue weighted by Gasteiger charge is -2.36. The van der Waals surface area contributed by atoms with Crippen LogP contribution >= 0.6 is 0 Å². The molecule has 0 saturated carbocycles. The first-order valence-corrected chi connectivity index (χ1v) is 9.68. The molecule has 1 fully saturated rings. The maximum atomic E-state index is 13.3. The molecule has 5 rings (SSSR count). The number of benzene rings is 2. The van der Waals surface area contributed by atoms with Crippen molar-refractivity contribution in [1.29, 1.82) is 0 Å². The molecule has 10 heteroatoms. The van der Waals surface area contributed by atoms with Gasteiger partial charge in [-0.05, 0) is 30.3 Å². The number of hydrogen-bond donors (Lipinski definition) is 0. The van der Waals surface area contributed by atoms with E-state index in [1.165, 1.54) is 6.07 Å². The van der Waals surface area contributed by atoms with Crippen LogP contribution in [0.1, 0.15) is 16.2 Å². The quantitative estimate of drug-likeness (QED) is 0.621. The topological polar surface area (TPSA) is 67.8 Å². The van der Waals surface area contributed by atoms with Crippen LogP contribution < -0.4 is 14.4 Å². The fraction of sp³-hybridized carbons (Fsp3) is 0.286. The molecule has 3 aromatic rings. The summed E-state index contributed by atoms with van der Waals surface area (Å²) in [4.78, 5) is 23.8. The van der Waals surface area contributed by atoms with Gasteiger partial charge < -0.3 is 19.3 Å². The van der Waals surface area contributed by atoms with Crippen LogP contribution in [0.4, 0.5) is 19.0 Å². The summed E-state index contributed by atoms with van der Waals surface area (Å²) >= 11 is 0. The number of piperazine rings is 1. The number of rotatable bonds is 2.